The Balaban J connectivity index is 1.30. The average molecular weight is 514 g/mol. The number of sulfonamides is 1. The maximum atomic E-state index is 12.9. The van der Waals surface area contributed by atoms with Crippen LogP contribution in [0, 0.1) is 0 Å². The highest BCUT2D eigenvalue weighted by molar-refractivity contribution is 7.89. The number of aryl methyl sites for hydroxylation is 1. The summed E-state index contributed by atoms with van der Waals surface area (Å²) in [5.74, 6) is 0.797. The molecule has 0 aliphatic heterocycles. The molecule has 9 heteroatoms. The van der Waals surface area contributed by atoms with Gasteiger partial charge < -0.3 is 10.4 Å². The van der Waals surface area contributed by atoms with Crippen LogP contribution in [-0.2, 0) is 16.6 Å². The fraction of sp³-hybridized carbons (Fsp3) is 0.143. The molecule has 3 N–H and O–H groups in total. The third-order valence-electron chi connectivity index (χ3n) is 6.04. The molecule has 3 aromatic carbocycles. The van der Waals surface area contributed by atoms with Crippen molar-refractivity contribution in [3.05, 3.63) is 91.3 Å². The standard InChI is InChI=1S/C28H27N5O3S/c1-2-33-19-25(28(32-33)22-9-5-10-23(34)17-22)21-13-14-29-27(18-21)30-15-16-31-37(35,36)26-12-6-8-20-7-3-4-11-24(20)26/h3-14,17-19,31,34H,2,15-16H2,1H3,(H,29,30). The Morgan fingerprint density at radius 3 is 2.57 bits per heavy atom. The van der Waals surface area contributed by atoms with Crippen LogP contribution in [0.2, 0.25) is 0 Å². The second-order valence-electron chi connectivity index (χ2n) is 8.53. The number of phenols is 1. The predicted molar refractivity (Wildman–Crippen MR) is 146 cm³/mol. The van der Waals surface area contributed by atoms with Gasteiger partial charge in [0.05, 0.1) is 4.90 Å². The lowest BCUT2D eigenvalue weighted by molar-refractivity contribution is 0.475. The molecule has 37 heavy (non-hydrogen) atoms. The Kier molecular flexibility index (Phi) is 6.89. The van der Waals surface area contributed by atoms with Crippen molar-refractivity contribution in [2.24, 2.45) is 0 Å². The first-order chi connectivity index (χ1) is 17.9. The van der Waals surface area contributed by atoms with Gasteiger partial charge in [0, 0.05) is 48.5 Å². The number of aromatic nitrogens is 3. The lowest BCUT2D eigenvalue weighted by Gasteiger charge is -2.11. The molecule has 0 saturated heterocycles. The molecule has 0 fully saturated rings. The highest BCUT2D eigenvalue weighted by atomic mass is 32.2. The van der Waals surface area contributed by atoms with Gasteiger partial charge in [-0.25, -0.2) is 18.1 Å². The van der Waals surface area contributed by atoms with Gasteiger partial charge in [0.1, 0.15) is 17.3 Å². The van der Waals surface area contributed by atoms with Gasteiger partial charge in [-0.2, -0.15) is 5.10 Å². The number of nitrogens with one attached hydrogen (secondary N) is 2. The van der Waals surface area contributed by atoms with Crippen LogP contribution >= 0.6 is 0 Å². The number of hydrogen-bond donors (Lipinski definition) is 3. The number of benzene rings is 3. The number of hydrogen-bond acceptors (Lipinski definition) is 6. The SMILES string of the molecule is CCn1cc(-c2ccnc(NCCNS(=O)(=O)c3cccc4ccccc34)c2)c(-c2cccc(O)c2)n1. The van der Waals surface area contributed by atoms with E-state index in [1.165, 1.54) is 0 Å². The molecule has 0 aliphatic carbocycles. The van der Waals surface area contributed by atoms with Crippen LogP contribution < -0.4 is 10.0 Å². The molecule has 0 bridgehead atoms. The Morgan fingerprint density at radius 1 is 0.919 bits per heavy atom. The molecule has 8 nitrogen and oxygen atoms in total. The maximum absolute atomic E-state index is 12.9. The van der Waals surface area contributed by atoms with E-state index >= 15 is 0 Å². The summed E-state index contributed by atoms with van der Waals surface area (Å²) in [4.78, 5) is 4.65. The largest absolute Gasteiger partial charge is 0.508 e. The summed E-state index contributed by atoms with van der Waals surface area (Å²) >= 11 is 0. The Hall–Kier alpha value is -4.21. The van der Waals surface area contributed by atoms with Crippen molar-refractivity contribution < 1.29 is 13.5 Å². The van der Waals surface area contributed by atoms with Crippen LogP contribution in [0.25, 0.3) is 33.2 Å². The number of rotatable bonds is 9. The van der Waals surface area contributed by atoms with Crippen molar-refractivity contribution in [1.82, 2.24) is 19.5 Å². The summed E-state index contributed by atoms with van der Waals surface area (Å²) in [6.07, 6.45) is 3.67. The average Bonchev–Trinajstić information content (AvgIpc) is 3.36. The summed E-state index contributed by atoms with van der Waals surface area (Å²) in [6.45, 7) is 3.27. The minimum absolute atomic E-state index is 0.178. The first-order valence-electron chi connectivity index (χ1n) is 12.0. The molecule has 2 heterocycles. The zero-order valence-electron chi connectivity index (χ0n) is 20.3. The number of aromatic hydroxyl groups is 1. The molecule has 0 atom stereocenters. The molecule has 5 rings (SSSR count). The van der Waals surface area contributed by atoms with Crippen LogP contribution in [-0.4, -0.2) is 41.4 Å². The zero-order valence-corrected chi connectivity index (χ0v) is 21.1. The van der Waals surface area contributed by atoms with Gasteiger partial charge in [-0.05, 0) is 48.2 Å². The molecule has 188 valence electrons. The third-order valence-corrected chi connectivity index (χ3v) is 7.56. The smallest absolute Gasteiger partial charge is 0.241 e. The van der Waals surface area contributed by atoms with E-state index in [4.69, 9.17) is 0 Å². The van der Waals surface area contributed by atoms with Crippen molar-refractivity contribution in [2.75, 3.05) is 18.4 Å². The van der Waals surface area contributed by atoms with Crippen LogP contribution in [0.3, 0.4) is 0 Å². The summed E-state index contributed by atoms with van der Waals surface area (Å²) in [5, 5.41) is 19.4. The van der Waals surface area contributed by atoms with Gasteiger partial charge in [-0.3, -0.25) is 4.68 Å². The molecule has 0 aliphatic rings. The van der Waals surface area contributed by atoms with E-state index in [9.17, 15) is 13.5 Å². The van der Waals surface area contributed by atoms with E-state index in [2.05, 4.69) is 20.1 Å². The van der Waals surface area contributed by atoms with Crippen molar-refractivity contribution in [3.63, 3.8) is 0 Å². The molecule has 2 aromatic heterocycles. The molecule has 0 saturated carbocycles. The highest BCUT2D eigenvalue weighted by Gasteiger charge is 2.17. The molecular weight excluding hydrogens is 486 g/mol. The summed E-state index contributed by atoms with van der Waals surface area (Å²) in [6, 6.07) is 23.5. The first-order valence-corrected chi connectivity index (χ1v) is 13.5. The maximum Gasteiger partial charge on any atom is 0.241 e. The predicted octanol–water partition coefficient (Wildman–Crippen LogP) is 4.88. The van der Waals surface area contributed by atoms with E-state index in [0.29, 0.717) is 24.3 Å². The lowest BCUT2D eigenvalue weighted by Crippen LogP contribution is -2.29. The molecular formula is C28H27N5O3S. The van der Waals surface area contributed by atoms with Crippen molar-refractivity contribution in [3.8, 4) is 28.1 Å². The van der Waals surface area contributed by atoms with Gasteiger partial charge in [-0.15, -0.1) is 0 Å². The van der Waals surface area contributed by atoms with Crippen LogP contribution in [0.5, 0.6) is 5.75 Å². The summed E-state index contributed by atoms with van der Waals surface area (Å²) < 4.78 is 30.4. The van der Waals surface area contributed by atoms with E-state index in [-0.39, 0.29) is 17.2 Å². The minimum Gasteiger partial charge on any atom is -0.508 e. The number of nitrogens with zero attached hydrogens (tertiary/aromatic N) is 3. The zero-order chi connectivity index (χ0) is 25.8. The number of pyridine rings is 1. The lowest BCUT2D eigenvalue weighted by atomic mass is 10.0. The van der Waals surface area contributed by atoms with E-state index < -0.39 is 10.0 Å². The number of fused-ring (bicyclic) bond motifs is 1. The monoisotopic (exact) mass is 513 g/mol. The van der Waals surface area contributed by atoms with Gasteiger partial charge in [0.2, 0.25) is 10.0 Å². The first kappa shape index (κ1) is 24.5. The minimum atomic E-state index is -3.67. The van der Waals surface area contributed by atoms with Crippen LogP contribution in [0.4, 0.5) is 5.82 Å². The van der Waals surface area contributed by atoms with Gasteiger partial charge in [-0.1, -0.05) is 48.5 Å². The van der Waals surface area contributed by atoms with Crippen molar-refractivity contribution in [1.29, 1.82) is 0 Å². The van der Waals surface area contributed by atoms with Crippen LogP contribution in [0.15, 0.2) is 96.2 Å². The van der Waals surface area contributed by atoms with Crippen molar-refractivity contribution in [2.45, 2.75) is 18.4 Å². The Bertz CT molecular complexity index is 1660. The molecule has 5 aromatic rings. The van der Waals surface area contributed by atoms with E-state index in [1.807, 2.05) is 66.3 Å². The van der Waals surface area contributed by atoms with Crippen molar-refractivity contribution >= 4 is 26.6 Å². The van der Waals surface area contributed by atoms with Gasteiger partial charge in [0.15, 0.2) is 0 Å². The molecule has 0 spiro atoms. The quantitative estimate of drug-likeness (QED) is 0.242. The fourth-order valence-corrected chi connectivity index (χ4v) is 5.50. The third kappa shape index (κ3) is 5.32. The molecule has 0 unspecified atom stereocenters. The molecule has 0 radical (unpaired) electrons. The topological polar surface area (TPSA) is 109 Å². The summed E-state index contributed by atoms with van der Waals surface area (Å²) in [7, 11) is -3.67. The normalized spacial score (nSPS) is 11.6. The second-order valence-corrected chi connectivity index (χ2v) is 10.3. The number of phenolic OH excluding ortho intramolecular Hbond substituents is 1. The highest BCUT2D eigenvalue weighted by Crippen LogP contribution is 2.33. The van der Waals surface area contributed by atoms with Gasteiger partial charge >= 0.3 is 0 Å². The van der Waals surface area contributed by atoms with E-state index in [0.717, 1.165) is 27.8 Å². The Labute approximate surface area is 215 Å². The fourth-order valence-electron chi connectivity index (χ4n) is 4.24. The number of anilines is 1. The van der Waals surface area contributed by atoms with Gasteiger partial charge in [0.25, 0.3) is 0 Å². The van der Waals surface area contributed by atoms with Crippen LogP contribution in [0.1, 0.15) is 6.92 Å². The summed E-state index contributed by atoms with van der Waals surface area (Å²) in [5.41, 5.74) is 3.40. The Morgan fingerprint density at radius 2 is 1.73 bits per heavy atom. The van der Waals surface area contributed by atoms with E-state index in [1.54, 1.807) is 36.5 Å². The second kappa shape index (κ2) is 10.4. The molecule has 0 amide bonds.